The third-order valence-electron chi connectivity index (χ3n) is 2.72. The van der Waals surface area contributed by atoms with Gasteiger partial charge in [0, 0.05) is 11.0 Å². The quantitative estimate of drug-likeness (QED) is 0.571. The number of aromatic amines is 1. The van der Waals surface area contributed by atoms with Crippen LogP contribution in [0.25, 0.3) is 17.0 Å². The summed E-state index contributed by atoms with van der Waals surface area (Å²) >= 11 is 1.29. The fraction of sp³-hybridized carbons (Fsp3) is 0.0833. The number of halogens is 1. The van der Waals surface area contributed by atoms with Gasteiger partial charge in [0.15, 0.2) is 5.75 Å². The summed E-state index contributed by atoms with van der Waals surface area (Å²) in [6.07, 6.45) is 2.96. The Hall–Kier alpha value is -2.55. The van der Waals surface area contributed by atoms with Crippen LogP contribution in [0.15, 0.2) is 29.4 Å². The highest BCUT2D eigenvalue weighted by molar-refractivity contribution is 7.98. The van der Waals surface area contributed by atoms with E-state index in [4.69, 9.17) is 5.11 Å². The number of rotatable bonds is 3. The van der Waals surface area contributed by atoms with E-state index in [1.165, 1.54) is 34.9 Å². The van der Waals surface area contributed by atoms with Crippen molar-refractivity contribution < 1.29 is 19.0 Å². The minimum absolute atomic E-state index is 0.0685. The first-order chi connectivity index (χ1) is 10.1. The average Bonchev–Trinajstić information content (AvgIpc) is 3.03. The van der Waals surface area contributed by atoms with E-state index in [1.54, 1.807) is 12.3 Å². The Morgan fingerprint density at radius 2 is 2.33 bits per heavy atom. The molecule has 0 aliphatic rings. The van der Waals surface area contributed by atoms with Crippen LogP contribution in [0.1, 0.15) is 0 Å². The molecule has 0 aliphatic heterocycles. The number of imidazole rings is 1. The minimum atomic E-state index is -1.43. The van der Waals surface area contributed by atoms with E-state index >= 15 is 0 Å². The average molecular weight is 308 g/mol. The number of hydrogen-bond acceptors (Lipinski definition) is 5. The van der Waals surface area contributed by atoms with E-state index in [1.807, 2.05) is 0 Å². The van der Waals surface area contributed by atoms with Gasteiger partial charge in [-0.3, -0.25) is 0 Å². The molecular formula is C12H9FN4O3S. The highest BCUT2D eigenvalue weighted by Crippen LogP contribution is 2.25. The van der Waals surface area contributed by atoms with Crippen molar-refractivity contribution in [2.24, 2.45) is 0 Å². The van der Waals surface area contributed by atoms with Crippen molar-refractivity contribution in [2.45, 2.75) is 4.90 Å². The molecule has 0 unspecified atom stereocenters. The van der Waals surface area contributed by atoms with Gasteiger partial charge in [0.05, 0.1) is 23.4 Å². The van der Waals surface area contributed by atoms with Gasteiger partial charge in [0.1, 0.15) is 5.82 Å². The molecule has 2 heterocycles. The van der Waals surface area contributed by atoms with Crippen molar-refractivity contribution in [1.82, 2.24) is 19.7 Å². The second-order valence-electron chi connectivity index (χ2n) is 4.05. The maximum absolute atomic E-state index is 13.7. The molecule has 3 rings (SSSR count). The largest absolute Gasteiger partial charge is 0.511 e. The molecule has 1 aromatic carbocycles. The predicted octanol–water partition coefficient (Wildman–Crippen LogP) is 2.67. The molecule has 2 N–H and O–H groups in total. The predicted molar refractivity (Wildman–Crippen MR) is 73.6 cm³/mol. The molecule has 108 valence electrons. The molecule has 0 atom stereocenters. The van der Waals surface area contributed by atoms with Crippen molar-refractivity contribution in [3.05, 3.63) is 30.3 Å². The SMILES string of the molecule is CSc1cc2nc(-n3cc(OC(=O)O)cn3)[nH]c2cc1F. The number of benzene rings is 1. The van der Waals surface area contributed by atoms with Gasteiger partial charge in [-0.2, -0.15) is 5.10 Å². The van der Waals surface area contributed by atoms with Gasteiger partial charge in [-0.15, -0.1) is 11.8 Å². The first-order valence-electron chi connectivity index (χ1n) is 5.76. The van der Waals surface area contributed by atoms with Crippen LogP contribution in [0.5, 0.6) is 5.75 Å². The van der Waals surface area contributed by atoms with Gasteiger partial charge < -0.3 is 14.8 Å². The van der Waals surface area contributed by atoms with E-state index in [0.717, 1.165) is 0 Å². The molecule has 0 saturated heterocycles. The fourth-order valence-electron chi connectivity index (χ4n) is 1.84. The Bertz CT molecular complexity index is 829. The number of nitrogens with zero attached hydrogens (tertiary/aromatic N) is 3. The van der Waals surface area contributed by atoms with Gasteiger partial charge >= 0.3 is 6.16 Å². The lowest BCUT2D eigenvalue weighted by Crippen LogP contribution is -2.02. The molecule has 0 spiro atoms. The zero-order valence-electron chi connectivity index (χ0n) is 10.7. The molecule has 21 heavy (non-hydrogen) atoms. The summed E-state index contributed by atoms with van der Waals surface area (Å²) in [5.74, 6) is 0.0717. The minimum Gasteiger partial charge on any atom is -0.449 e. The van der Waals surface area contributed by atoms with E-state index in [0.29, 0.717) is 21.9 Å². The van der Waals surface area contributed by atoms with Crippen LogP contribution in [-0.4, -0.2) is 37.3 Å². The Labute approximate surface area is 121 Å². The second kappa shape index (κ2) is 5.09. The lowest BCUT2D eigenvalue weighted by atomic mass is 10.3. The number of thioether (sulfide) groups is 1. The lowest BCUT2D eigenvalue weighted by Gasteiger charge is -1.97. The smallest absolute Gasteiger partial charge is 0.449 e. The zero-order chi connectivity index (χ0) is 15.0. The van der Waals surface area contributed by atoms with E-state index < -0.39 is 6.16 Å². The molecule has 0 saturated carbocycles. The van der Waals surface area contributed by atoms with Gasteiger partial charge in [0.2, 0.25) is 5.95 Å². The number of carbonyl (C=O) groups is 1. The lowest BCUT2D eigenvalue weighted by molar-refractivity contribution is 0.144. The summed E-state index contributed by atoms with van der Waals surface area (Å²) in [7, 11) is 0. The zero-order valence-corrected chi connectivity index (χ0v) is 11.5. The van der Waals surface area contributed by atoms with Crippen molar-refractivity contribution in [1.29, 1.82) is 0 Å². The van der Waals surface area contributed by atoms with Crippen LogP contribution in [0.3, 0.4) is 0 Å². The summed E-state index contributed by atoms with van der Waals surface area (Å²) in [5.41, 5.74) is 1.11. The third kappa shape index (κ3) is 2.55. The van der Waals surface area contributed by atoms with Crippen molar-refractivity contribution in [2.75, 3.05) is 6.26 Å². The number of ether oxygens (including phenoxy) is 1. The van der Waals surface area contributed by atoms with Gasteiger partial charge in [-0.1, -0.05) is 0 Å². The normalized spacial score (nSPS) is 11.0. The molecule has 9 heteroatoms. The summed E-state index contributed by atoms with van der Waals surface area (Å²) in [5, 5.41) is 12.5. The summed E-state index contributed by atoms with van der Waals surface area (Å²) in [6, 6.07) is 2.99. The number of H-pyrrole nitrogens is 1. The number of carboxylic acid groups (broad SMARTS) is 1. The molecule has 7 nitrogen and oxygen atoms in total. The molecular weight excluding hydrogens is 299 g/mol. The van der Waals surface area contributed by atoms with Gasteiger partial charge in [0.25, 0.3) is 0 Å². The number of fused-ring (bicyclic) bond motifs is 1. The van der Waals surface area contributed by atoms with Crippen molar-refractivity contribution in [3.63, 3.8) is 0 Å². The molecule has 0 amide bonds. The molecule has 2 aromatic heterocycles. The Morgan fingerprint density at radius 1 is 1.52 bits per heavy atom. The highest BCUT2D eigenvalue weighted by atomic mass is 32.2. The monoisotopic (exact) mass is 308 g/mol. The van der Waals surface area contributed by atoms with Crippen LogP contribution in [-0.2, 0) is 0 Å². The second-order valence-corrected chi connectivity index (χ2v) is 4.90. The van der Waals surface area contributed by atoms with Crippen LogP contribution in [0, 0.1) is 5.82 Å². The van der Waals surface area contributed by atoms with Gasteiger partial charge in [-0.25, -0.2) is 18.9 Å². The maximum Gasteiger partial charge on any atom is 0.511 e. The van der Waals surface area contributed by atoms with E-state index in [-0.39, 0.29) is 11.6 Å². The van der Waals surface area contributed by atoms with Crippen LogP contribution in [0.4, 0.5) is 9.18 Å². The fourth-order valence-corrected chi connectivity index (χ4v) is 2.32. The number of hydrogen-bond donors (Lipinski definition) is 2. The van der Waals surface area contributed by atoms with E-state index in [9.17, 15) is 9.18 Å². The van der Waals surface area contributed by atoms with E-state index in [2.05, 4.69) is 19.8 Å². The molecule has 0 radical (unpaired) electrons. The first kappa shape index (κ1) is 13.4. The Kier molecular flexibility index (Phi) is 3.26. The summed E-state index contributed by atoms with van der Waals surface area (Å²) in [6.45, 7) is 0. The highest BCUT2D eigenvalue weighted by Gasteiger charge is 2.11. The summed E-state index contributed by atoms with van der Waals surface area (Å²) < 4.78 is 19.5. The number of aromatic nitrogens is 4. The maximum atomic E-state index is 13.7. The Balaban J connectivity index is 2.00. The molecule has 0 aliphatic carbocycles. The molecule has 0 bridgehead atoms. The van der Waals surface area contributed by atoms with Crippen molar-refractivity contribution >= 4 is 29.0 Å². The number of nitrogens with one attached hydrogen (secondary N) is 1. The van der Waals surface area contributed by atoms with Gasteiger partial charge in [-0.05, 0) is 12.3 Å². The molecule has 3 aromatic rings. The van der Waals surface area contributed by atoms with Crippen LogP contribution < -0.4 is 4.74 Å². The third-order valence-corrected chi connectivity index (χ3v) is 3.48. The standard InChI is InChI=1S/C12H9FN4O3S/c1-21-10-3-9-8(2-7(10)13)15-11(16-9)17-5-6(4-14-17)20-12(18)19/h2-5H,1H3,(H,15,16)(H,18,19). The topological polar surface area (TPSA) is 93.0 Å². The molecule has 0 fully saturated rings. The first-order valence-corrected chi connectivity index (χ1v) is 6.98. The summed E-state index contributed by atoms with van der Waals surface area (Å²) in [4.78, 5) is 18.1. The van der Waals surface area contributed by atoms with Crippen LogP contribution in [0.2, 0.25) is 0 Å². The van der Waals surface area contributed by atoms with Crippen LogP contribution >= 0.6 is 11.8 Å². The Morgan fingerprint density at radius 3 is 3.05 bits per heavy atom. The van der Waals surface area contributed by atoms with Crippen molar-refractivity contribution in [3.8, 4) is 11.7 Å².